The lowest BCUT2D eigenvalue weighted by Crippen LogP contribution is -2.29. The molecule has 2 N–H and O–H groups in total. The fourth-order valence-corrected chi connectivity index (χ4v) is 3.97. The summed E-state index contributed by atoms with van der Waals surface area (Å²) in [6.45, 7) is 2.10. The van der Waals surface area contributed by atoms with Crippen molar-refractivity contribution in [3.63, 3.8) is 0 Å². The van der Waals surface area contributed by atoms with Gasteiger partial charge in [-0.2, -0.15) is 0 Å². The van der Waals surface area contributed by atoms with Gasteiger partial charge in [-0.3, -0.25) is 4.79 Å². The summed E-state index contributed by atoms with van der Waals surface area (Å²) in [5.41, 5.74) is 0.882. The number of nitrogens with zero attached hydrogens (tertiary/aromatic N) is 1. The molecule has 0 aliphatic heterocycles. The number of aryl methyl sites for hydroxylation is 1. The molecule has 20 heavy (non-hydrogen) atoms. The first kappa shape index (κ1) is 15.6. The van der Waals surface area contributed by atoms with Gasteiger partial charge in [0.2, 0.25) is 0 Å². The number of nitrogens with one attached hydrogen (secondary N) is 2. The number of rotatable bonds is 7. The van der Waals surface area contributed by atoms with Crippen LogP contribution in [0.5, 0.6) is 0 Å². The highest BCUT2D eigenvalue weighted by molar-refractivity contribution is 7.99. The van der Waals surface area contributed by atoms with E-state index >= 15 is 0 Å². The monoisotopic (exact) mass is 295 g/mol. The Balaban J connectivity index is 1.86. The molecule has 4 nitrogen and oxygen atoms in total. The zero-order valence-electron chi connectivity index (χ0n) is 12.4. The van der Waals surface area contributed by atoms with Crippen molar-refractivity contribution in [2.75, 3.05) is 12.8 Å². The van der Waals surface area contributed by atoms with Crippen molar-refractivity contribution in [2.24, 2.45) is 5.92 Å². The van der Waals surface area contributed by atoms with E-state index in [4.69, 9.17) is 0 Å². The van der Waals surface area contributed by atoms with Crippen LogP contribution in [0, 0.1) is 5.92 Å². The van der Waals surface area contributed by atoms with E-state index in [0.717, 1.165) is 35.4 Å². The molecule has 1 fully saturated rings. The Kier molecular flexibility index (Phi) is 6.10. The second-order valence-corrected chi connectivity index (χ2v) is 6.60. The van der Waals surface area contributed by atoms with Crippen LogP contribution in [0.15, 0.2) is 16.0 Å². The summed E-state index contributed by atoms with van der Waals surface area (Å²) in [5.74, 6) is 1.81. The van der Waals surface area contributed by atoms with Gasteiger partial charge in [-0.05, 0) is 38.6 Å². The number of hydrogen-bond acceptors (Lipinski definition) is 4. The summed E-state index contributed by atoms with van der Waals surface area (Å²) in [6, 6.07) is 2.29. The first-order chi connectivity index (χ1) is 9.72. The third-order valence-electron chi connectivity index (χ3n) is 4.04. The maximum Gasteiger partial charge on any atom is 0.251 e. The van der Waals surface area contributed by atoms with E-state index in [1.165, 1.54) is 25.7 Å². The van der Waals surface area contributed by atoms with Crippen LogP contribution in [0.4, 0.5) is 0 Å². The van der Waals surface area contributed by atoms with E-state index in [1.54, 1.807) is 17.8 Å². The summed E-state index contributed by atoms with van der Waals surface area (Å²) in [7, 11) is 2.06. The maximum atomic E-state index is 11.6. The van der Waals surface area contributed by atoms with Gasteiger partial charge in [0.1, 0.15) is 0 Å². The molecular weight excluding hydrogens is 270 g/mol. The van der Waals surface area contributed by atoms with Crippen LogP contribution in [-0.4, -0.2) is 28.8 Å². The zero-order chi connectivity index (χ0) is 14.4. The van der Waals surface area contributed by atoms with Crippen LogP contribution in [0.3, 0.4) is 0 Å². The van der Waals surface area contributed by atoms with Gasteiger partial charge in [0.25, 0.3) is 5.56 Å². The molecule has 0 bridgehead atoms. The smallest absolute Gasteiger partial charge is 0.251 e. The predicted molar refractivity (Wildman–Crippen MR) is 84.4 cm³/mol. The molecule has 2 rings (SSSR count). The second kappa shape index (κ2) is 7.84. The van der Waals surface area contributed by atoms with Gasteiger partial charge in [-0.25, -0.2) is 4.98 Å². The van der Waals surface area contributed by atoms with E-state index in [2.05, 4.69) is 29.3 Å². The number of hydrogen-bond donors (Lipinski definition) is 2. The molecule has 1 saturated carbocycles. The van der Waals surface area contributed by atoms with Gasteiger partial charge in [0, 0.05) is 23.6 Å². The van der Waals surface area contributed by atoms with Crippen LogP contribution >= 0.6 is 11.8 Å². The number of H-pyrrole nitrogens is 1. The van der Waals surface area contributed by atoms with Crippen molar-refractivity contribution >= 4 is 11.8 Å². The summed E-state index contributed by atoms with van der Waals surface area (Å²) in [6.07, 6.45) is 7.05. The molecule has 1 aromatic heterocycles. The average Bonchev–Trinajstić information content (AvgIpc) is 2.86. The highest BCUT2D eigenvalue weighted by atomic mass is 32.2. The van der Waals surface area contributed by atoms with Gasteiger partial charge in [-0.15, -0.1) is 0 Å². The molecule has 0 saturated heterocycles. The molecule has 0 radical (unpaired) electrons. The summed E-state index contributed by atoms with van der Waals surface area (Å²) >= 11 is 1.68. The third-order valence-corrected chi connectivity index (χ3v) is 4.94. The lowest BCUT2D eigenvalue weighted by Gasteiger charge is -2.18. The lowest BCUT2D eigenvalue weighted by atomic mass is 10.0. The Bertz CT molecular complexity index is 474. The summed E-state index contributed by atoms with van der Waals surface area (Å²) < 4.78 is 0. The number of aromatic nitrogens is 2. The minimum absolute atomic E-state index is 0.0279. The van der Waals surface area contributed by atoms with Crippen molar-refractivity contribution in [3.05, 3.63) is 22.1 Å². The Labute approximate surface area is 125 Å². The van der Waals surface area contributed by atoms with Crippen molar-refractivity contribution < 1.29 is 0 Å². The topological polar surface area (TPSA) is 57.8 Å². The normalized spacial score (nSPS) is 22.3. The first-order valence-corrected chi connectivity index (χ1v) is 8.61. The van der Waals surface area contributed by atoms with Crippen LogP contribution in [0.2, 0.25) is 0 Å². The van der Waals surface area contributed by atoms with Crippen LogP contribution in [0.1, 0.15) is 44.7 Å². The number of aromatic amines is 1. The van der Waals surface area contributed by atoms with Gasteiger partial charge < -0.3 is 10.3 Å². The SMILES string of the molecule is CCCc1cc(=O)[nH]c(SCCC2CCCC2NC)n1. The van der Waals surface area contributed by atoms with E-state index in [9.17, 15) is 4.79 Å². The molecule has 0 aromatic carbocycles. The minimum atomic E-state index is -0.0279. The Morgan fingerprint density at radius 1 is 1.50 bits per heavy atom. The molecule has 0 spiro atoms. The molecule has 1 aliphatic carbocycles. The molecule has 1 aromatic rings. The van der Waals surface area contributed by atoms with E-state index in [1.807, 2.05) is 0 Å². The molecule has 5 heteroatoms. The van der Waals surface area contributed by atoms with Gasteiger partial charge in [0.15, 0.2) is 5.16 Å². The first-order valence-electron chi connectivity index (χ1n) is 7.63. The molecule has 2 unspecified atom stereocenters. The molecule has 2 atom stereocenters. The highest BCUT2D eigenvalue weighted by Gasteiger charge is 2.25. The predicted octanol–water partition coefficient (Wildman–Crippen LogP) is 2.59. The van der Waals surface area contributed by atoms with Crippen LogP contribution in [0.25, 0.3) is 0 Å². The van der Waals surface area contributed by atoms with Gasteiger partial charge in [-0.1, -0.05) is 31.5 Å². The maximum absolute atomic E-state index is 11.6. The lowest BCUT2D eigenvalue weighted by molar-refractivity contribution is 0.417. The Morgan fingerprint density at radius 2 is 2.35 bits per heavy atom. The molecule has 1 heterocycles. The van der Waals surface area contributed by atoms with E-state index in [0.29, 0.717) is 6.04 Å². The van der Waals surface area contributed by atoms with Crippen molar-refractivity contribution in [1.82, 2.24) is 15.3 Å². The van der Waals surface area contributed by atoms with E-state index in [-0.39, 0.29) is 5.56 Å². The molecule has 0 amide bonds. The van der Waals surface area contributed by atoms with Crippen molar-refractivity contribution in [1.29, 1.82) is 0 Å². The standard InChI is InChI=1S/C15H25N3OS/c1-3-5-12-10-14(19)18-15(17-12)20-9-8-11-6-4-7-13(11)16-2/h10-11,13,16H,3-9H2,1-2H3,(H,17,18,19). The zero-order valence-corrected chi connectivity index (χ0v) is 13.3. The van der Waals surface area contributed by atoms with Crippen LogP contribution in [-0.2, 0) is 6.42 Å². The second-order valence-electron chi connectivity index (χ2n) is 5.52. The third kappa shape index (κ3) is 4.35. The fraction of sp³-hybridized carbons (Fsp3) is 0.733. The van der Waals surface area contributed by atoms with Crippen molar-refractivity contribution in [2.45, 2.75) is 56.6 Å². The summed E-state index contributed by atoms with van der Waals surface area (Å²) in [5, 5.41) is 4.19. The van der Waals surface area contributed by atoms with Crippen molar-refractivity contribution in [3.8, 4) is 0 Å². The summed E-state index contributed by atoms with van der Waals surface area (Å²) in [4.78, 5) is 18.9. The largest absolute Gasteiger partial charge is 0.317 e. The Hall–Kier alpha value is -0.810. The quantitative estimate of drug-likeness (QED) is 0.599. The van der Waals surface area contributed by atoms with Crippen LogP contribution < -0.4 is 10.9 Å². The average molecular weight is 295 g/mol. The van der Waals surface area contributed by atoms with E-state index < -0.39 is 0 Å². The fourth-order valence-electron chi connectivity index (χ4n) is 3.01. The highest BCUT2D eigenvalue weighted by Crippen LogP contribution is 2.30. The Morgan fingerprint density at radius 3 is 3.10 bits per heavy atom. The van der Waals surface area contributed by atoms with Gasteiger partial charge >= 0.3 is 0 Å². The number of thioether (sulfide) groups is 1. The van der Waals surface area contributed by atoms with Gasteiger partial charge in [0.05, 0.1) is 0 Å². The molecule has 112 valence electrons. The molecule has 1 aliphatic rings. The minimum Gasteiger partial charge on any atom is -0.317 e. The molecular formula is C15H25N3OS.